The van der Waals surface area contributed by atoms with Crippen LogP contribution < -0.4 is 5.56 Å². The molecule has 0 aliphatic rings. The first-order chi connectivity index (χ1) is 13.0. The summed E-state index contributed by atoms with van der Waals surface area (Å²) in [6, 6.07) is 3.75. The Morgan fingerprint density at radius 2 is 1.89 bits per heavy atom. The summed E-state index contributed by atoms with van der Waals surface area (Å²) in [6.45, 7) is 9.35. The van der Waals surface area contributed by atoms with Gasteiger partial charge >= 0.3 is 0 Å². The normalized spacial score (nSPS) is 13.9. The number of hydrogen-bond donors (Lipinski definition) is 0. The second-order valence-corrected chi connectivity index (χ2v) is 9.88. The fourth-order valence-corrected chi connectivity index (χ4v) is 3.48. The zero-order valence-electron chi connectivity index (χ0n) is 17.3. The maximum Gasteiger partial charge on any atom is 0.261 e. The number of fused-ring (bicyclic) bond motifs is 1. The Kier molecular flexibility index (Phi) is 5.10. The van der Waals surface area contributed by atoms with E-state index in [1.807, 2.05) is 53.1 Å². The Hall–Kier alpha value is -2.61. The summed E-state index contributed by atoms with van der Waals surface area (Å²) in [4.78, 5) is 22.1. The van der Waals surface area contributed by atoms with Crippen molar-refractivity contribution in [2.24, 2.45) is 18.5 Å². The van der Waals surface area contributed by atoms with Gasteiger partial charge < -0.3 is 4.57 Å². The molecule has 0 N–H and O–H groups in total. The van der Waals surface area contributed by atoms with E-state index in [0.29, 0.717) is 33.7 Å². The van der Waals surface area contributed by atoms with Crippen LogP contribution in [0.1, 0.15) is 38.8 Å². The highest BCUT2D eigenvalue weighted by Gasteiger charge is 2.21. The average Bonchev–Trinajstić information content (AvgIpc) is 3.03. The van der Waals surface area contributed by atoms with Crippen LogP contribution in [0.5, 0.6) is 0 Å². The van der Waals surface area contributed by atoms with Crippen molar-refractivity contribution in [3.05, 3.63) is 46.1 Å². The van der Waals surface area contributed by atoms with Crippen LogP contribution in [-0.4, -0.2) is 33.8 Å². The summed E-state index contributed by atoms with van der Waals surface area (Å²) >= 11 is 0. The van der Waals surface area contributed by atoms with Crippen molar-refractivity contribution >= 4 is 27.6 Å². The fraction of sp³-hybridized carbons (Fsp3) is 0.400. The molecule has 2 aromatic heterocycles. The van der Waals surface area contributed by atoms with Gasteiger partial charge in [-0.05, 0) is 52.3 Å². The van der Waals surface area contributed by atoms with Gasteiger partial charge in [-0.15, -0.1) is 0 Å². The summed E-state index contributed by atoms with van der Waals surface area (Å²) in [5.41, 5.74) is 3.23. The molecule has 1 atom stereocenters. The summed E-state index contributed by atoms with van der Waals surface area (Å²) in [6.07, 6.45) is 3.48. The van der Waals surface area contributed by atoms with Crippen molar-refractivity contribution in [1.29, 1.82) is 0 Å². The molecule has 0 unspecified atom stereocenters. The Morgan fingerprint density at radius 1 is 1.21 bits per heavy atom. The molecule has 0 saturated carbocycles. The quantitative estimate of drug-likeness (QED) is 0.634. The smallest absolute Gasteiger partial charge is 0.261 e. The van der Waals surface area contributed by atoms with Crippen molar-refractivity contribution in [3.63, 3.8) is 0 Å². The van der Waals surface area contributed by atoms with E-state index in [-0.39, 0.29) is 5.56 Å². The van der Waals surface area contributed by atoms with Crippen LogP contribution in [0.25, 0.3) is 22.4 Å². The van der Waals surface area contributed by atoms with Gasteiger partial charge in [0, 0.05) is 25.9 Å². The molecular formula is C20H25N5O2S. The standard InChI is InChI=1S/C20H25N5O2S/c1-12-8-14(13(2)23-28(27)20(3,4)5)17-15(9-12)19(26)25(7)18(22-17)16-10-24(6)11-21-16/h8-11H,1-7H3/b23-13-/t28-/m1/s1. The van der Waals surface area contributed by atoms with Gasteiger partial charge in [0.2, 0.25) is 0 Å². The number of rotatable bonds is 3. The highest BCUT2D eigenvalue weighted by atomic mass is 32.2. The van der Waals surface area contributed by atoms with Crippen LogP contribution >= 0.6 is 0 Å². The Balaban J connectivity index is 2.32. The first-order valence-corrected chi connectivity index (χ1v) is 10.1. The van der Waals surface area contributed by atoms with Gasteiger partial charge in [-0.3, -0.25) is 9.36 Å². The summed E-state index contributed by atoms with van der Waals surface area (Å²) in [5, 5.41) is 0.508. The van der Waals surface area contributed by atoms with Gasteiger partial charge in [-0.25, -0.2) is 14.2 Å². The largest absolute Gasteiger partial charge is 0.340 e. The molecule has 0 amide bonds. The molecule has 7 nitrogen and oxygen atoms in total. The zero-order chi connectivity index (χ0) is 20.8. The lowest BCUT2D eigenvalue weighted by atomic mass is 10.0. The molecule has 148 valence electrons. The van der Waals surface area contributed by atoms with E-state index in [0.717, 1.165) is 5.56 Å². The molecule has 0 bridgehead atoms. The predicted molar refractivity (Wildman–Crippen MR) is 114 cm³/mol. The minimum atomic E-state index is -1.40. The maximum absolute atomic E-state index is 13.0. The van der Waals surface area contributed by atoms with E-state index in [1.54, 1.807) is 24.9 Å². The van der Waals surface area contributed by atoms with Gasteiger partial charge in [-0.1, -0.05) is 0 Å². The van der Waals surface area contributed by atoms with Crippen molar-refractivity contribution in [3.8, 4) is 11.5 Å². The van der Waals surface area contributed by atoms with E-state index >= 15 is 0 Å². The minimum absolute atomic E-state index is 0.152. The fourth-order valence-electron chi connectivity index (χ4n) is 2.86. The van der Waals surface area contributed by atoms with E-state index in [2.05, 4.69) is 9.38 Å². The molecule has 3 aromatic rings. The number of imidazole rings is 1. The van der Waals surface area contributed by atoms with Crippen molar-refractivity contribution in [2.75, 3.05) is 0 Å². The molecule has 1 aromatic carbocycles. The number of aromatic nitrogens is 4. The summed E-state index contributed by atoms with van der Waals surface area (Å²) in [7, 11) is 2.15. The third-order valence-electron chi connectivity index (χ3n) is 4.39. The van der Waals surface area contributed by atoms with Gasteiger partial charge in [0.25, 0.3) is 5.56 Å². The maximum atomic E-state index is 13.0. The lowest BCUT2D eigenvalue weighted by molar-refractivity contribution is 0.650. The molecule has 2 heterocycles. The minimum Gasteiger partial charge on any atom is -0.340 e. The van der Waals surface area contributed by atoms with Crippen molar-refractivity contribution in [1.82, 2.24) is 19.1 Å². The van der Waals surface area contributed by atoms with Crippen LogP contribution in [0.15, 0.2) is 33.8 Å². The molecular weight excluding hydrogens is 374 g/mol. The van der Waals surface area contributed by atoms with Crippen molar-refractivity contribution in [2.45, 2.75) is 39.4 Å². The molecule has 0 spiro atoms. The Morgan fingerprint density at radius 3 is 2.46 bits per heavy atom. The second-order valence-electron chi connectivity index (χ2n) is 7.97. The number of benzene rings is 1. The zero-order valence-corrected chi connectivity index (χ0v) is 18.1. The topological polar surface area (TPSA) is 82.1 Å². The van der Waals surface area contributed by atoms with Crippen LogP contribution in [0.4, 0.5) is 0 Å². The average molecular weight is 400 g/mol. The molecule has 0 aliphatic carbocycles. The highest BCUT2D eigenvalue weighted by Crippen LogP contribution is 2.23. The molecule has 8 heteroatoms. The van der Waals surface area contributed by atoms with Crippen LogP contribution in [0.2, 0.25) is 0 Å². The number of hydrogen-bond acceptors (Lipinski definition) is 4. The third kappa shape index (κ3) is 3.69. The van der Waals surface area contributed by atoms with Crippen LogP contribution in [0, 0.1) is 6.92 Å². The lowest BCUT2D eigenvalue weighted by Crippen LogP contribution is -2.22. The van der Waals surface area contributed by atoms with Gasteiger partial charge in [0.1, 0.15) is 16.7 Å². The van der Waals surface area contributed by atoms with Gasteiger partial charge in [0.15, 0.2) is 5.82 Å². The van der Waals surface area contributed by atoms with E-state index in [1.165, 1.54) is 4.57 Å². The Bertz CT molecular complexity index is 1180. The second kappa shape index (κ2) is 7.09. The first kappa shape index (κ1) is 20.1. The molecule has 28 heavy (non-hydrogen) atoms. The molecule has 0 saturated heterocycles. The predicted octanol–water partition coefficient (Wildman–Crippen LogP) is 2.91. The third-order valence-corrected chi connectivity index (χ3v) is 5.88. The van der Waals surface area contributed by atoms with E-state index < -0.39 is 15.7 Å². The van der Waals surface area contributed by atoms with Crippen LogP contribution in [0.3, 0.4) is 0 Å². The van der Waals surface area contributed by atoms with E-state index in [9.17, 15) is 9.00 Å². The lowest BCUT2D eigenvalue weighted by Gasteiger charge is -2.15. The monoisotopic (exact) mass is 399 g/mol. The Labute approximate surface area is 166 Å². The van der Waals surface area contributed by atoms with Crippen molar-refractivity contribution < 1.29 is 4.21 Å². The van der Waals surface area contributed by atoms with Gasteiger partial charge in [0.05, 0.1) is 27.7 Å². The molecule has 0 aliphatic heterocycles. The first-order valence-electron chi connectivity index (χ1n) is 8.96. The SMILES string of the molecule is C/C(=N/[S@](=O)C(C)(C)C)c1cc(C)cc2c(=O)n(C)c(-c3cn(C)cn3)nc12. The van der Waals surface area contributed by atoms with Crippen LogP contribution in [-0.2, 0) is 25.1 Å². The highest BCUT2D eigenvalue weighted by molar-refractivity contribution is 7.85. The number of nitrogens with zero attached hydrogens (tertiary/aromatic N) is 5. The van der Waals surface area contributed by atoms with E-state index in [4.69, 9.17) is 4.98 Å². The molecule has 0 fully saturated rings. The number of aryl methyl sites for hydroxylation is 2. The molecule has 3 rings (SSSR count). The molecule has 0 radical (unpaired) electrons. The summed E-state index contributed by atoms with van der Waals surface area (Å²) in [5.74, 6) is 0.480. The van der Waals surface area contributed by atoms with Gasteiger partial charge in [-0.2, -0.15) is 4.40 Å². The summed E-state index contributed by atoms with van der Waals surface area (Å²) < 4.78 is 19.7.